The van der Waals surface area contributed by atoms with Crippen molar-refractivity contribution in [3.8, 4) is 11.5 Å². The lowest BCUT2D eigenvalue weighted by molar-refractivity contribution is -0.122. The van der Waals surface area contributed by atoms with Crippen LogP contribution in [0.5, 0.6) is 11.5 Å². The standard InChI is InChI=1S/C21H18Cl2N2O5/c1-4-30-17-9-12(8-16(23)18(17)29-3)7-14-19(26)24-21(28)25(20(14)27)13-6-5-11(2)15(22)10-13/h5-10H,4H2,1-3H3,(H,24,26,28)/b14-7-. The van der Waals surface area contributed by atoms with Crippen molar-refractivity contribution in [2.24, 2.45) is 0 Å². The first kappa shape index (κ1) is 21.7. The number of aryl methyl sites for hydroxylation is 1. The molecule has 1 N–H and O–H groups in total. The van der Waals surface area contributed by atoms with E-state index in [0.29, 0.717) is 28.7 Å². The molecule has 30 heavy (non-hydrogen) atoms. The first-order valence-corrected chi connectivity index (χ1v) is 9.70. The summed E-state index contributed by atoms with van der Waals surface area (Å²) in [6.45, 7) is 3.96. The van der Waals surface area contributed by atoms with Crippen molar-refractivity contribution in [1.82, 2.24) is 5.32 Å². The van der Waals surface area contributed by atoms with Gasteiger partial charge in [0.2, 0.25) is 0 Å². The number of rotatable bonds is 5. The van der Waals surface area contributed by atoms with Crippen LogP contribution in [0.25, 0.3) is 6.08 Å². The van der Waals surface area contributed by atoms with E-state index in [1.807, 2.05) is 0 Å². The summed E-state index contributed by atoms with van der Waals surface area (Å²) in [7, 11) is 1.45. The Hall–Kier alpha value is -3.03. The van der Waals surface area contributed by atoms with Crippen molar-refractivity contribution < 1.29 is 23.9 Å². The predicted molar refractivity (Wildman–Crippen MR) is 114 cm³/mol. The highest BCUT2D eigenvalue weighted by Gasteiger charge is 2.37. The maximum atomic E-state index is 13.0. The zero-order chi connectivity index (χ0) is 22.0. The summed E-state index contributed by atoms with van der Waals surface area (Å²) in [6, 6.07) is 6.99. The molecule has 2 aromatic rings. The third kappa shape index (κ3) is 4.13. The van der Waals surface area contributed by atoms with Crippen LogP contribution < -0.4 is 19.7 Å². The molecule has 1 aliphatic heterocycles. The second-order valence-corrected chi connectivity index (χ2v) is 7.17. The molecule has 1 heterocycles. The van der Waals surface area contributed by atoms with Gasteiger partial charge in [0.05, 0.1) is 24.4 Å². The zero-order valence-electron chi connectivity index (χ0n) is 16.4. The van der Waals surface area contributed by atoms with Crippen LogP contribution in [0.1, 0.15) is 18.1 Å². The van der Waals surface area contributed by atoms with E-state index in [4.69, 9.17) is 32.7 Å². The molecule has 1 saturated heterocycles. The molecule has 0 saturated carbocycles. The third-order valence-corrected chi connectivity index (χ3v) is 5.05. The summed E-state index contributed by atoms with van der Waals surface area (Å²) in [5.74, 6) is -0.898. The number of barbiturate groups is 1. The molecule has 0 aliphatic carbocycles. The van der Waals surface area contributed by atoms with Gasteiger partial charge in [-0.2, -0.15) is 0 Å². The van der Waals surface area contributed by atoms with Gasteiger partial charge < -0.3 is 9.47 Å². The van der Waals surface area contributed by atoms with Gasteiger partial charge in [-0.15, -0.1) is 0 Å². The Kier molecular flexibility index (Phi) is 6.34. The van der Waals surface area contributed by atoms with E-state index in [0.717, 1.165) is 10.5 Å². The zero-order valence-corrected chi connectivity index (χ0v) is 17.9. The molecule has 0 spiro atoms. The largest absolute Gasteiger partial charge is 0.491 e. The van der Waals surface area contributed by atoms with Gasteiger partial charge in [0, 0.05) is 5.02 Å². The molecule has 2 aromatic carbocycles. The molecule has 1 fully saturated rings. The molecule has 156 valence electrons. The van der Waals surface area contributed by atoms with Crippen LogP contribution in [0, 0.1) is 6.92 Å². The Morgan fingerprint density at radius 1 is 1.10 bits per heavy atom. The lowest BCUT2D eigenvalue weighted by Gasteiger charge is -2.26. The van der Waals surface area contributed by atoms with E-state index in [1.54, 1.807) is 32.0 Å². The summed E-state index contributed by atoms with van der Waals surface area (Å²) < 4.78 is 10.8. The average Bonchev–Trinajstić information content (AvgIpc) is 2.68. The van der Waals surface area contributed by atoms with Gasteiger partial charge in [0.1, 0.15) is 5.57 Å². The van der Waals surface area contributed by atoms with Crippen LogP contribution in [0.2, 0.25) is 10.0 Å². The molecule has 0 atom stereocenters. The number of methoxy groups -OCH3 is 1. The fourth-order valence-electron chi connectivity index (χ4n) is 2.91. The second-order valence-electron chi connectivity index (χ2n) is 6.36. The second kappa shape index (κ2) is 8.77. The highest BCUT2D eigenvalue weighted by Crippen LogP contribution is 2.37. The number of urea groups is 1. The number of hydrogen-bond acceptors (Lipinski definition) is 5. The quantitative estimate of drug-likeness (QED) is 0.541. The predicted octanol–water partition coefficient (Wildman–Crippen LogP) is 4.38. The molecule has 0 radical (unpaired) electrons. The fraction of sp³-hybridized carbons (Fsp3) is 0.190. The average molecular weight is 449 g/mol. The lowest BCUT2D eigenvalue weighted by Crippen LogP contribution is -2.54. The third-order valence-electron chi connectivity index (χ3n) is 4.36. The number of imide groups is 2. The minimum absolute atomic E-state index is 0.241. The summed E-state index contributed by atoms with van der Waals surface area (Å²) in [5.41, 5.74) is 1.22. The molecular weight excluding hydrogens is 431 g/mol. The molecule has 3 rings (SSSR count). The van der Waals surface area contributed by atoms with Crippen LogP contribution in [-0.4, -0.2) is 31.6 Å². The van der Waals surface area contributed by atoms with Gasteiger partial charge >= 0.3 is 6.03 Å². The smallest absolute Gasteiger partial charge is 0.335 e. The molecule has 0 bridgehead atoms. The SMILES string of the molecule is CCOc1cc(/C=C2/C(=O)NC(=O)N(c3ccc(C)c(Cl)c3)C2=O)cc(Cl)c1OC. The van der Waals surface area contributed by atoms with Crippen LogP contribution >= 0.6 is 23.2 Å². The Bertz CT molecular complexity index is 1080. The summed E-state index contributed by atoms with van der Waals surface area (Å²) >= 11 is 12.4. The Balaban J connectivity index is 2.05. The normalized spacial score (nSPS) is 15.4. The highest BCUT2D eigenvalue weighted by atomic mass is 35.5. The van der Waals surface area contributed by atoms with Gasteiger partial charge in [0.15, 0.2) is 11.5 Å². The fourth-order valence-corrected chi connectivity index (χ4v) is 3.38. The topological polar surface area (TPSA) is 84.9 Å². The minimum atomic E-state index is -0.857. The van der Waals surface area contributed by atoms with Crippen LogP contribution in [0.4, 0.5) is 10.5 Å². The Labute approximate surface area is 183 Å². The van der Waals surface area contributed by atoms with Crippen molar-refractivity contribution in [3.63, 3.8) is 0 Å². The molecule has 7 nitrogen and oxygen atoms in total. The van der Waals surface area contributed by atoms with Gasteiger partial charge in [-0.1, -0.05) is 29.3 Å². The number of nitrogens with zero attached hydrogens (tertiary/aromatic N) is 1. The van der Waals surface area contributed by atoms with E-state index in [9.17, 15) is 14.4 Å². The number of carbonyl (C=O) groups excluding carboxylic acids is 3. The van der Waals surface area contributed by atoms with Crippen molar-refractivity contribution in [1.29, 1.82) is 0 Å². The van der Waals surface area contributed by atoms with E-state index < -0.39 is 17.8 Å². The van der Waals surface area contributed by atoms with E-state index in [-0.39, 0.29) is 16.3 Å². The van der Waals surface area contributed by atoms with E-state index >= 15 is 0 Å². The van der Waals surface area contributed by atoms with Crippen LogP contribution in [-0.2, 0) is 9.59 Å². The van der Waals surface area contributed by atoms with Crippen LogP contribution in [0.15, 0.2) is 35.9 Å². The number of anilines is 1. The number of amides is 4. The van der Waals surface area contributed by atoms with E-state index in [1.165, 1.54) is 25.3 Å². The molecular formula is C21H18Cl2N2O5. The maximum absolute atomic E-state index is 13.0. The minimum Gasteiger partial charge on any atom is -0.491 e. The number of nitrogens with one attached hydrogen (secondary N) is 1. The first-order valence-electron chi connectivity index (χ1n) is 8.94. The first-order chi connectivity index (χ1) is 14.3. The number of ether oxygens (including phenoxy) is 2. The molecule has 1 aliphatic rings. The number of hydrogen-bond donors (Lipinski definition) is 1. The van der Waals surface area contributed by atoms with Crippen molar-refractivity contribution in [3.05, 3.63) is 57.1 Å². The number of carbonyl (C=O) groups is 3. The maximum Gasteiger partial charge on any atom is 0.335 e. The van der Waals surface area contributed by atoms with Gasteiger partial charge in [-0.25, -0.2) is 9.69 Å². The molecule has 0 aromatic heterocycles. The Morgan fingerprint density at radius 3 is 2.47 bits per heavy atom. The highest BCUT2D eigenvalue weighted by molar-refractivity contribution is 6.39. The van der Waals surface area contributed by atoms with Crippen molar-refractivity contribution >= 4 is 52.8 Å². The van der Waals surface area contributed by atoms with Crippen LogP contribution in [0.3, 0.4) is 0 Å². The van der Waals surface area contributed by atoms with Gasteiger partial charge in [-0.3, -0.25) is 14.9 Å². The number of benzene rings is 2. The monoisotopic (exact) mass is 448 g/mol. The van der Waals surface area contributed by atoms with Gasteiger partial charge in [-0.05, 0) is 55.3 Å². The summed E-state index contributed by atoms with van der Waals surface area (Å²) in [6.07, 6.45) is 1.33. The Morgan fingerprint density at radius 2 is 1.83 bits per heavy atom. The van der Waals surface area contributed by atoms with Gasteiger partial charge in [0.25, 0.3) is 11.8 Å². The summed E-state index contributed by atoms with van der Waals surface area (Å²) in [4.78, 5) is 38.6. The molecule has 9 heteroatoms. The van der Waals surface area contributed by atoms with E-state index in [2.05, 4.69) is 5.32 Å². The van der Waals surface area contributed by atoms with Crippen molar-refractivity contribution in [2.45, 2.75) is 13.8 Å². The molecule has 4 amide bonds. The number of halogens is 2. The summed E-state index contributed by atoms with van der Waals surface area (Å²) in [5, 5.41) is 2.80. The van der Waals surface area contributed by atoms with Crippen molar-refractivity contribution in [2.75, 3.05) is 18.6 Å². The molecule has 0 unspecified atom stereocenters. The lowest BCUT2D eigenvalue weighted by atomic mass is 10.1.